The van der Waals surface area contributed by atoms with Crippen LogP contribution in [-0.2, 0) is 6.42 Å². The van der Waals surface area contributed by atoms with Crippen LogP contribution in [0.3, 0.4) is 0 Å². The predicted molar refractivity (Wildman–Crippen MR) is 78.2 cm³/mol. The van der Waals surface area contributed by atoms with Crippen molar-refractivity contribution in [2.24, 2.45) is 11.8 Å². The summed E-state index contributed by atoms with van der Waals surface area (Å²) in [6, 6.07) is 5.87. The number of hydrogen-bond acceptors (Lipinski definition) is 3. The summed E-state index contributed by atoms with van der Waals surface area (Å²) in [6.45, 7) is 3.12. The van der Waals surface area contributed by atoms with Gasteiger partial charge in [-0.05, 0) is 42.5 Å². The van der Waals surface area contributed by atoms with Gasteiger partial charge in [-0.3, -0.25) is 4.90 Å². The maximum absolute atomic E-state index is 9.98. The average Bonchev–Trinajstić information content (AvgIpc) is 3.06. The Morgan fingerprint density at radius 1 is 1.30 bits per heavy atom. The zero-order valence-electron chi connectivity index (χ0n) is 11.5. The third-order valence-corrected chi connectivity index (χ3v) is 5.36. The summed E-state index contributed by atoms with van der Waals surface area (Å²) in [5.41, 5.74) is 1.22. The zero-order valence-corrected chi connectivity index (χ0v) is 12.2. The summed E-state index contributed by atoms with van der Waals surface area (Å²) in [5.74, 6) is 2.18. The number of halogens is 1. The van der Waals surface area contributed by atoms with Gasteiger partial charge in [-0.1, -0.05) is 11.6 Å². The van der Waals surface area contributed by atoms with Gasteiger partial charge in [0.05, 0.1) is 6.10 Å². The minimum Gasteiger partial charge on any atom is -0.488 e. The van der Waals surface area contributed by atoms with Gasteiger partial charge in [0.25, 0.3) is 0 Å². The first-order valence-electron chi connectivity index (χ1n) is 7.54. The van der Waals surface area contributed by atoms with Crippen LogP contribution in [0.25, 0.3) is 0 Å². The molecule has 1 saturated heterocycles. The first kappa shape index (κ1) is 12.9. The molecule has 108 valence electrons. The van der Waals surface area contributed by atoms with Gasteiger partial charge in [-0.2, -0.15) is 0 Å². The van der Waals surface area contributed by atoms with Crippen molar-refractivity contribution in [1.82, 2.24) is 4.90 Å². The standard InChI is InChI=1S/C16H20ClNO2/c17-12-2-4-16-11(5-12)6-13(20-16)8-18-7-10-1-3-15(19)14(10)9-18/h2,4-5,10,13-15,19H,1,3,6-9H2. The lowest BCUT2D eigenvalue weighted by Gasteiger charge is -2.21. The SMILES string of the molecule is OC1CCC2CN(CC3Cc4cc(Cl)ccc4O3)CC12. The van der Waals surface area contributed by atoms with Crippen LogP contribution >= 0.6 is 11.6 Å². The fourth-order valence-corrected chi connectivity index (χ4v) is 4.35. The first-order chi connectivity index (χ1) is 9.69. The highest BCUT2D eigenvalue weighted by atomic mass is 35.5. The number of benzene rings is 1. The number of aliphatic hydroxyl groups excluding tert-OH is 1. The summed E-state index contributed by atoms with van der Waals surface area (Å²) in [7, 11) is 0. The normalized spacial score (nSPS) is 35.9. The van der Waals surface area contributed by atoms with Crippen LogP contribution in [0.15, 0.2) is 18.2 Å². The Bertz CT molecular complexity index is 521. The fraction of sp³-hybridized carbons (Fsp3) is 0.625. The Morgan fingerprint density at radius 3 is 3.05 bits per heavy atom. The zero-order chi connectivity index (χ0) is 13.7. The number of likely N-dealkylation sites (tertiary alicyclic amines) is 1. The number of nitrogens with zero attached hydrogens (tertiary/aromatic N) is 1. The first-order valence-corrected chi connectivity index (χ1v) is 7.92. The number of ether oxygens (including phenoxy) is 1. The Labute approximate surface area is 124 Å². The molecule has 4 unspecified atom stereocenters. The van der Waals surface area contributed by atoms with E-state index in [1.807, 2.05) is 18.2 Å². The van der Waals surface area contributed by atoms with E-state index in [0.717, 1.165) is 43.2 Å². The summed E-state index contributed by atoms with van der Waals surface area (Å²) >= 11 is 6.03. The van der Waals surface area contributed by atoms with E-state index in [1.54, 1.807) is 0 Å². The highest BCUT2D eigenvalue weighted by Gasteiger charge is 2.42. The largest absolute Gasteiger partial charge is 0.488 e. The molecule has 1 aromatic carbocycles. The van der Waals surface area contributed by atoms with E-state index in [4.69, 9.17) is 16.3 Å². The van der Waals surface area contributed by atoms with Gasteiger partial charge in [0.1, 0.15) is 11.9 Å². The Hall–Kier alpha value is -0.770. The fourth-order valence-electron chi connectivity index (χ4n) is 4.16. The molecule has 0 bridgehead atoms. The van der Waals surface area contributed by atoms with Crippen molar-refractivity contribution >= 4 is 11.6 Å². The molecule has 3 nitrogen and oxygen atoms in total. The molecule has 1 saturated carbocycles. The van der Waals surface area contributed by atoms with Gasteiger partial charge < -0.3 is 9.84 Å². The number of aliphatic hydroxyl groups is 1. The molecule has 0 radical (unpaired) electrons. The van der Waals surface area contributed by atoms with Gasteiger partial charge in [0.15, 0.2) is 0 Å². The lowest BCUT2D eigenvalue weighted by Crippen LogP contribution is -2.34. The molecular formula is C16H20ClNO2. The molecule has 1 aromatic rings. The second kappa shape index (κ2) is 4.90. The van der Waals surface area contributed by atoms with Gasteiger partial charge in [0.2, 0.25) is 0 Å². The Morgan fingerprint density at radius 2 is 2.20 bits per heavy atom. The molecule has 0 spiro atoms. The number of fused-ring (bicyclic) bond motifs is 2. The minimum absolute atomic E-state index is 0.0782. The maximum Gasteiger partial charge on any atom is 0.123 e. The topological polar surface area (TPSA) is 32.7 Å². The quantitative estimate of drug-likeness (QED) is 0.908. The van der Waals surface area contributed by atoms with Crippen molar-refractivity contribution in [2.75, 3.05) is 19.6 Å². The highest BCUT2D eigenvalue weighted by Crippen LogP contribution is 2.39. The van der Waals surface area contributed by atoms with Crippen molar-refractivity contribution in [2.45, 2.75) is 31.5 Å². The molecule has 4 rings (SSSR count). The molecular weight excluding hydrogens is 274 g/mol. The van der Waals surface area contributed by atoms with E-state index >= 15 is 0 Å². The van der Waals surface area contributed by atoms with Gasteiger partial charge >= 0.3 is 0 Å². The highest BCUT2D eigenvalue weighted by molar-refractivity contribution is 6.30. The predicted octanol–water partition coefficient (Wildman–Crippen LogP) is 2.35. The molecule has 1 aliphatic carbocycles. The summed E-state index contributed by atoms with van der Waals surface area (Å²) in [5, 5.41) is 10.8. The van der Waals surface area contributed by atoms with Gasteiger partial charge in [-0.25, -0.2) is 0 Å². The molecule has 4 atom stereocenters. The summed E-state index contributed by atoms with van der Waals surface area (Å²) in [4.78, 5) is 2.47. The summed E-state index contributed by atoms with van der Waals surface area (Å²) < 4.78 is 6.01. The average molecular weight is 294 g/mol. The van der Waals surface area contributed by atoms with Crippen LogP contribution in [0.2, 0.25) is 5.02 Å². The smallest absolute Gasteiger partial charge is 0.123 e. The van der Waals surface area contributed by atoms with Crippen molar-refractivity contribution in [3.05, 3.63) is 28.8 Å². The van der Waals surface area contributed by atoms with E-state index in [-0.39, 0.29) is 12.2 Å². The van der Waals surface area contributed by atoms with E-state index in [2.05, 4.69) is 4.90 Å². The third-order valence-electron chi connectivity index (χ3n) is 5.12. The van der Waals surface area contributed by atoms with E-state index in [1.165, 1.54) is 12.0 Å². The monoisotopic (exact) mass is 293 g/mol. The van der Waals surface area contributed by atoms with Crippen molar-refractivity contribution < 1.29 is 9.84 Å². The summed E-state index contributed by atoms with van der Waals surface area (Å²) in [6.07, 6.45) is 3.28. The third kappa shape index (κ3) is 2.22. The van der Waals surface area contributed by atoms with E-state index < -0.39 is 0 Å². The second-order valence-corrected chi connectivity index (χ2v) is 6.92. The van der Waals surface area contributed by atoms with Crippen molar-refractivity contribution in [3.8, 4) is 5.75 Å². The van der Waals surface area contributed by atoms with Crippen molar-refractivity contribution in [3.63, 3.8) is 0 Å². The Kier molecular flexibility index (Phi) is 3.17. The van der Waals surface area contributed by atoms with E-state index in [9.17, 15) is 5.11 Å². The minimum atomic E-state index is -0.0782. The maximum atomic E-state index is 9.98. The number of rotatable bonds is 2. The molecule has 1 N–H and O–H groups in total. The van der Waals surface area contributed by atoms with Crippen LogP contribution in [0.4, 0.5) is 0 Å². The van der Waals surface area contributed by atoms with E-state index in [0.29, 0.717) is 11.8 Å². The number of hydrogen-bond donors (Lipinski definition) is 1. The lowest BCUT2D eigenvalue weighted by molar-refractivity contribution is 0.114. The molecule has 0 amide bonds. The molecule has 2 fully saturated rings. The van der Waals surface area contributed by atoms with Crippen LogP contribution in [0.5, 0.6) is 5.75 Å². The lowest BCUT2D eigenvalue weighted by atomic mass is 10.00. The van der Waals surface area contributed by atoms with Crippen LogP contribution < -0.4 is 4.74 Å². The van der Waals surface area contributed by atoms with Crippen LogP contribution in [0.1, 0.15) is 18.4 Å². The second-order valence-electron chi connectivity index (χ2n) is 6.48. The molecule has 0 aromatic heterocycles. The van der Waals surface area contributed by atoms with Gasteiger partial charge in [0, 0.05) is 37.0 Å². The molecule has 4 heteroatoms. The molecule has 3 aliphatic rings. The van der Waals surface area contributed by atoms with Crippen LogP contribution in [0, 0.1) is 11.8 Å². The molecule has 2 heterocycles. The van der Waals surface area contributed by atoms with Gasteiger partial charge in [-0.15, -0.1) is 0 Å². The molecule has 20 heavy (non-hydrogen) atoms. The van der Waals surface area contributed by atoms with Crippen molar-refractivity contribution in [1.29, 1.82) is 0 Å². The van der Waals surface area contributed by atoms with Crippen LogP contribution in [-0.4, -0.2) is 41.8 Å². The molecule has 2 aliphatic heterocycles. The Balaban J connectivity index is 1.38.